The fourth-order valence-electron chi connectivity index (χ4n) is 2.30. The summed E-state index contributed by atoms with van der Waals surface area (Å²) in [5, 5.41) is 18.4. The van der Waals surface area contributed by atoms with Gasteiger partial charge in [0.25, 0.3) is 0 Å². The van der Waals surface area contributed by atoms with Crippen LogP contribution in [0.2, 0.25) is 0 Å². The number of anilines is 1. The average Bonchev–Trinajstić information content (AvgIpc) is 2.54. The molecule has 0 unspecified atom stereocenters. The molecule has 0 bridgehead atoms. The van der Waals surface area contributed by atoms with Gasteiger partial charge in [-0.2, -0.15) is 0 Å². The van der Waals surface area contributed by atoms with Crippen LogP contribution >= 0.6 is 0 Å². The second kappa shape index (κ2) is 7.26. The zero-order chi connectivity index (χ0) is 16.8. The third-order valence-electron chi connectivity index (χ3n) is 3.39. The molecule has 0 heterocycles. The highest BCUT2D eigenvalue weighted by Gasteiger charge is 2.18. The molecule has 23 heavy (non-hydrogen) atoms. The van der Waals surface area contributed by atoms with E-state index in [2.05, 4.69) is 6.58 Å². The number of para-hydroxylation sites is 1. The van der Waals surface area contributed by atoms with Crippen LogP contribution in [0.25, 0.3) is 6.08 Å². The van der Waals surface area contributed by atoms with Gasteiger partial charge in [0.05, 0.1) is 11.3 Å². The molecule has 0 atom stereocenters. The SMILES string of the molecule is C=Cc1ccc(CN(CC(=O)O)c2ccccc2C(=O)O)cc1. The summed E-state index contributed by atoms with van der Waals surface area (Å²) < 4.78 is 0. The first-order valence-electron chi connectivity index (χ1n) is 7.01. The Morgan fingerprint density at radius 3 is 2.26 bits per heavy atom. The topological polar surface area (TPSA) is 77.8 Å². The van der Waals surface area contributed by atoms with E-state index in [4.69, 9.17) is 5.11 Å². The Hall–Kier alpha value is -3.08. The fourth-order valence-corrected chi connectivity index (χ4v) is 2.30. The van der Waals surface area contributed by atoms with E-state index in [0.29, 0.717) is 12.2 Å². The van der Waals surface area contributed by atoms with Crippen LogP contribution < -0.4 is 4.90 Å². The number of carboxylic acids is 2. The maximum absolute atomic E-state index is 11.4. The first kappa shape index (κ1) is 16.3. The number of nitrogens with zero attached hydrogens (tertiary/aromatic N) is 1. The van der Waals surface area contributed by atoms with Crippen molar-refractivity contribution in [3.8, 4) is 0 Å². The van der Waals surface area contributed by atoms with E-state index in [1.165, 1.54) is 11.0 Å². The lowest BCUT2D eigenvalue weighted by Gasteiger charge is -2.24. The van der Waals surface area contributed by atoms with Gasteiger partial charge in [0.1, 0.15) is 6.54 Å². The average molecular weight is 311 g/mol. The molecular formula is C18H17NO4. The number of carboxylic acid groups (broad SMARTS) is 2. The van der Waals surface area contributed by atoms with Crippen molar-refractivity contribution in [2.45, 2.75) is 6.54 Å². The van der Waals surface area contributed by atoms with E-state index in [1.54, 1.807) is 24.3 Å². The van der Waals surface area contributed by atoms with Gasteiger partial charge in [-0.15, -0.1) is 0 Å². The third-order valence-corrected chi connectivity index (χ3v) is 3.39. The molecule has 2 aromatic carbocycles. The van der Waals surface area contributed by atoms with Crippen LogP contribution in [0.3, 0.4) is 0 Å². The number of rotatable bonds is 7. The highest BCUT2D eigenvalue weighted by molar-refractivity contribution is 5.95. The van der Waals surface area contributed by atoms with Crippen LogP contribution in [-0.2, 0) is 11.3 Å². The fraction of sp³-hybridized carbons (Fsp3) is 0.111. The molecule has 0 aromatic heterocycles. The molecule has 0 saturated carbocycles. The smallest absolute Gasteiger partial charge is 0.337 e. The first-order valence-corrected chi connectivity index (χ1v) is 7.01. The lowest BCUT2D eigenvalue weighted by molar-refractivity contribution is -0.135. The molecule has 2 N–H and O–H groups in total. The largest absolute Gasteiger partial charge is 0.480 e. The summed E-state index contributed by atoms with van der Waals surface area (Å²) >= 11 is 0. The second-order valence-electron chi connectivity index (χ2n) is 5.02. The highest BCUT2D eigenvalue weighted by Crippen LogP contribution is 2.22. The maximum atomic E-state index is 11.4. The van der Waals surface area contributed by atoms with Gasteiger partial charge in [0.2, 0.25) is 0 Å². The summed E-state index contributed by atoms with van der Waals surface area (Å²) in [5.41, 5.74) is 2.31. The Kier molecular flexibility index (Phi) is 5.15. The van der Waals surface area contributed by atoms with E-state index in [1.807, 2.05) is 24.3 Å². The second-order valence-corrected chi connectivity index (χ2v) is 5.02. The van der Waals surface area contributed by atoms with Crippen molar-refractivity contribution in [2.75, 3.05) is 11.4 Å². The Morgan fingerprint density at radius 1 is 1.04 bits per heavy atom. The minimum Gasteiger partial charge on any atom is -0.480 e. The maximum Gasteiger partial charge on any atom is 0.337 e. The van der Waals surface area contributed by atoms with Gasteiger partial charge in [-0.25, -0.2) is 4.79 Å². The lowest BCUT2D eigenvalue weighted by Crippen LogP contribution is -2.30. The summed E-state index contributed by atoms with van der Waals surface area (Å²) in [6, 6.07) is 13.9. The van der Waals surface area contributed by atoms with Crippen LogP contribution in [0.1, 0.15) is 21.5 Å². The van der Waals surface area contributed by atoms with E-state index in [9.17, 15) is 14.7 Å². The van der Waals surface area contributed by atoms with Gasteiger partial charge in [-0.1, -0.05) is 49.1 Å². The predicted molar refractivity (Wildman–Crippen MR) is 88.6 cm³/mol. The molecule has 2 aromatic rings. The normalized spacial score (nSPS) is 10.1. The summed E-state index contributed by atoms with van der Waals surface area (Å²) in [7, 11) is 0. The van der Waals surface area contributed by atoms with E-state index < -0.39 is 11.9 Å². The Balaban J connectivity index is 2.35. The van der Waals surface area contributed by atoms with Gasteiger partial charge >= 0.3 is 11.9 Å². The predicted octanol–water partition coefficient (Wildman–Crippen LogP) is 3.12. The zero-order valence-corrected chi connectivity index (χ0v) is 12.5. The first-order chi connectivity index (χ1) is 11.0. The summed E-state index contributed by atoms with van der Waals surface area (Å²) in [6.45, 7) is 3.70. The van der Waals surface area contributed by atoms with Crippen LogP contribution in [0.15, 0.2) is 55.1 Å². The molecule has 0 aliphatic rings. The number of aliphatic carboxylic acids is 1. The van der Waals surface area contributed by atoms with Crippen molar-refractivity contribution >= 4 is 23.7 Å². The summed E-state index contributed by atoms with van der Waals surface area (Å²) in [5.74, 6) is -2.11. The van der Waals surface area contributed by atoms with Crippen LogP contribution in [0.4, 0.5) is 5.69 Å². The number of hydrogen-bond acceptors (Lipinski definition) is 3. The zero-order valence-electron chi connectivity index (χ0n) is 12.5. The van der Waals surface area contributed by atoms with E-state index >= 15 is 0 Å². The molecule has 118 valence electrons. The van der Waals surface area contributed by atoms with Crippen molar-refractivity contribution in [1.82, 2.24) is 0 Å². The number of hydrogen-bond donors (Lipinski definition) is 2. The molecule has 5 heteroatoms. The third kappa shape index (κ3) is 4.20. The number of carbonyl (C=O) groups is 2. The van der Waals surface area contributed by atoms with Crippen molar-refractivity contribution in [3.63, 3.8) is 0 Å². The van der Waals surface area contributed by atoms with Gasteiger partial charge in [0.15, 0.2) is 0 Å². The summed E-state index contributed by atoms with van der Waals surface area (Å²) in [4.78, 5) is 24.1. The van der Waals surface area contributed by atoms with Crippen LogP contribution in [-0.4, -0.2) is 28.7 Å². The van der Waals surface area contributed by atoms with E-state index in [-0.39, 0.29) is 12.1 Å². The van der Waals surface area contributed by atoms with Crippen molar-refractivity contribution < 1.29 is 19.8 Å². The van der Waals surface area contributed by atoms with Gasteiger partial charge in [-0.05, 0) is 23.3 Å². The molecule has 0 saturated heterocycles. The van der Waals surface area contributed by atoms with E-state index in [0.717, 1.165) is 11.1 Å². The Bertz CT molecular complexity index is 722. The molecular weight excluding hydrogens is 294 g/mol. The van der Waals surface area contributed by atoms with Crippen molar-refractivity contribution in [3.05, 3.63) is 71.8 Å². The lowest BCUT2D eigenvalue weighted by atomic mass is 10.1. The van der Waals surface area contributed by atoms with Crippen LogP contribution in [0, 0.1) is 0 Å². The van der Waals surface area contributed by atoms with Gasteiger partial charge in [0, 0.05) is 6.54 Å². The highest BCUT2D eigenvalue weighted by atomic mass is 16.4. The molecule has 0 aliphatic heterocycles. The number of benzene rings is 2. The minimum absolute atomic E-state index is 0.0801. The van der Waals surface area contributed by atoms with Crippen molar-refractivity contribution in [2.24, 2.45) is 0 Å². The van der Waals surface area contributed by atoms with Crippen molar-refractivity contribution in [1.29, 1.82) is 0 Å². The monoisotopic (exact) mass is 311 g/mol. The Labute approximate surface area is 134 Å². The molecule has 0 aliphatic carbocycles. The molecule has 2 rings (SSSR count). The standard InChI is InChI=1S/C18H17NO4/c1-2-13-7-9-14(10-8-13)11-19(12-17(20)21)16-6-4-3-5-15(16)18(22)23/h2-10H,1,11-12H2,(H,20,21)(H,22,23). The molecule has 0 spiro atoms. The quantitative estimate of drug-likeness (QED) is 0.821. The molecule has 0 amide bonds. The minimum atomic E-state index is -1.09. The Morgan fingerprint density at radius 2 is 1.70 bits per heavy atom. The van der Waals surface area contributed by atoms with Gasteiger partial charge < -0.3 is 15.1 Å². The molecule has 0 radical (unpaired) electrons. The van der Waals surface area contributed by atoms with Crippen LogP contribution in [0.5, 0.6) is 0 Å². The summed E-state index contributed by atoms with van der Waals surface area (Å²) in [6.07, 6.45) is 1.72. The number of aromatic carboxylic acids is 1. The molecule has 5 nitrogen and oxygen atoms in total. The molecule has 0 fully saturated rings. The van der Waals surface area contributed by atoms with Gasteiger partial charge in [-0.3, -0.25) is 4.79 Å².